The van der Waals surface area contributed by atoms with E-state index in [-0.39, 0.29) is 18.5 Å². The van der Waals surface area contributed by atoms with Gasteiger partial charge in [-0.15, -0.1) is 0 Å². The van der Waals surface area contributed by atoms with Crippen LogP contribution in [0.1, 0.15) is 271 Å². The summed E-state index contributed by atoms with van der Waals surface area (Å²) in [4.78, 5) is 23.6. The zero-order chi connectivity index (χ0) is 41.4. The molecule has 0 saturated heterocycles. The third kappa shape index (κ3) is 48.2. The van der Waals surface area contributed by atoms with Crippen molar-refractivity contribution in [2.45, 2.75) is 277 Å². The van der Waals surface area contributed by atoms with Gasteiger partial charge in [0.2, 0.25) is 0 Å². The van der Waals surface area contributed by atoms with E-state index in [2.05, 4.69) is 62.5 Å². The molecule has 0 heterocycles. The SMILES string of the molecule is CC/C=C\C/C=C\C/C=C\C/C=C\CCCCCCCCCCCCC(=O)OC(CCCCCCCCCCCCCCCCCC)CCCCCCCC(=O)O. The standard InChI is InChI=1S/C53H96O4/c1-3-5-7-9-11-13-15-17-19-21-22-23-24-25-26-27-29-31-33-35-37-42-46-50-53(56)57-51(48-44-40-38-41-45-49-52(54)55)47-43-39-36-34-32-30-28-20-18-16-14-12-10-8-6-4-2/h5,7,11,13,17,19,22-23,51H,3-4,6,8-10,12,14-16,18,20-21,24-50H2,1-2H3,(H,54,55)/b7-5-,13-11-,19-17-,23-22-. The minimum absolute atomic E-state index is 0.00299. The van der Waals surface area contributed by atoms with E-state index in [1.807, 2.05) is 0 Å². The third-order valence-electron chi connectivity index (χ3n) is 11.3. The Labute approximate surface area is 355 Å². The lowest BCUT2D eigenvalue weighted by atomic mass is 10.0. The van der Waals surface area contributed by atoms with Gasteiger partial charge < -0.3 is 9.84 Å². The Morgan fingerprint density at radius 2 is 0.737 bits per heavy atom. The smallest absolute Gasteiger partial charge is 0.306 e. The molecule has 0 amide bonds. The summed E-state index contributed by atoms with van der Waals surface area (Å²) in [5.41, 5.74) is 0. The van der Waals surface area contributed by atoms with Crippen molar-refractivity contribution in [2.75, 3.05) is 0 Å². The molecule has 0 rings (SSSR count). The van der Waals surface area contributed by atoms with Crippen LogP contribution >= 0.6 is 0 Å². The molecule has 332 valence electrons. The molecule has 4 heteroatoms. The maximum absolute atomic E-state index is 12.8. The van der Waals surface area contributed by atoms with E-state index < -0.39 is 5.97 Å². The molecule has 0 saturated carbocycles. The summed E-state index contributed by atoms with van der Waals surface area (Å²) in [6.07, 6.45) is 65.9. The zero-order valence-electron chi connectivity index (χ0n) is 38.2. The van der Waals surface area contributed by atoms with Crippen molar-refractivity contribution in [2.24, 2.45) is 0 Å². The second-order valence-corrected chi connectivity index (χ2v) is 17.0. The molecule has 0 radical (unpaired) electrons. The van der Waals surface area contributed by atoms with Gasteiger partial charge in [-0.1, -0.05) is 229 Å². The molecule has 0 aliphatic carbocycles. The second kappa shape index (κ2) is 48.3. The Balaban J connectivity index is 3.94. The number of carbonyl (C=O) groups excluding carboxylic acids is 1. The first kappa shape index (κ1) is 54.9. The molecule has 1 N–H and O–H groups in total. The van der Waals surface area contributed by atoms with E-state index in [1.165, 1.54) is 154 Å². The highest BCUT2D eigenvalue weighted by Crippen LogP contribution is 2.20. The van der Waals surface area contributed by atoms with Crippen LogP contribution < -0.4 is 0 Å². The summed E-state index contributed by atoms with van der Waals surface area (Å²) >= 11 is 0. The Morgan fingerprint density at radius 1 is 0.404 bits per heavy atom. The molecule has 0 fully saturated rings. The van der Waals surface area contributed by atoms with Crippen molar-refractivity contribution in [3.8, 4) is 0 Å². The van der Waals surface area contributed by atoms with Crippen molar-refractivity contribution >= 4 is 11.9 Å². The van der Waals surface area contributed by atoms with Gasteiger partial charge in [0, 0.05) is 12.8 Å². The van der Waals surface area contributed by atoms with Crippen LogP contribution in [0.15, 0.2) is 48.6 Å². The first-order chi connectivity index (χ1) is 28.1. The quantitative estimate of drug-likeness (QED) is 0.0379. The highest BCUT2D eigenvalue weighted by atomic mass is 16.5. The van der Waals surface area contributed by atoms with Gasteiger partial charge in [0.05, 0.1) is 0 Å². The van der Waals surface area contributed by atoms with E-state index in [0.29, 0.717) is 6.42 Å². The molecule has 0 bridgehead atoms. The number of aliphatic carboxylic acids is 1. The highest BCUT2D eigenvalue weighted by Gasteiger charge is 2.14. The van der Waals surface area contributed by atoms with Gasteiger partial charge in [-0.05, 0) is 77.0 Å². The summed E-state index contributed by atoms with van der Waals surface area (Å²) in [6, 6.07) is 0. The first-order valence-electron chi connectivity index (χ1n) is 25.1. The molecule has 0 aromatic carbocycles. The number of carboxylic acid groups (broad SMARTS) is 1. The lowest BCUT2D eigenvalue weighted by Gasteiger charge is -2.18. The summed E-state index contributed by atoms with van der Waals surface area (Å²) in [5, 5.41) is 8.87. The lowest BCUT2D eigenvalue weighted by Crippen LogP contribution is -2.18. The van der Waals surface area contributed by atoms with Gasteiger partial charge >= 0.3 is 11.9 Å². The van der Waals surface area contributed by atoms with E-state index in [0.717, 1.165) is 89.9 Å². The predicted octanol–water partition coefficient (Wildman–Crippen LogP) is 17.9. The van der Waals surface area contributed by atoms with Crippen LogP contribution in [0.4, 0.5) is 0 Å². The van der Waals surface area contributed by atoms with Crippen LogP contribution in [0.2, 0.25) is 0 Å². The molecule has 4 nitrogen and oxygen atoms in total. The Morgan fingerprint density at radius 3 is 1.14 bits per heavy atom. The van der Waals surface area contributed by atoms with Crippen LogP contribution in [0.5, 0.6) is 0 Å². The fraction of sp³-hybridized carbons (Fsp3) is 0.811. The Kier molecular flexibility index (Phi) is 46.5. The highest BCUT2D eigenvalue weighted by molar-refractivity contribution is 5.69. The van der Waals surface area contributed by atoms with E-state index in [1.54, 1.807) is 0 Å². The summed E-state index contributed by atoms with van der Waals surface area (Å²) in [5.74, 6) is -0.695. The summed E-state index contributed by atoms with van der Waals surface area (Å²) < 4.78 is 6.06. The Bertz CT molecular complexity index is 947. The van der Waals surface area contributed by atoms with Crippen molar-refractivity contribution in [3.05, 3.63) is 48.6 Å². The molecular formula is C53H96O4. The average molecular weight is 797 g/mol. The van der Waals surface area contributed by atoms with Crippen LogP contribution in [0, 0.1) is 0 Å². The number of hydrogen-bond acceptors (Lipinski definition) is 3. The molecule has 1 unspecified atom stereocenters. The molecule has 0 aliphatic rings. The molecular weight excluding hydrogens is 701 g/mol. The van der Waals surface area contributed by atoms with Crippen molar-refractivity contribution in [3.63, 3.8) is 0 Å². The largest absolute Gasteiger partial charge is 0.481 e. The molecule has 0 aromatic heterocycles. The van der Waals surface area contributed by atoms with Gasteiger partial charge in [-0.3, -0.25) is 9.59 Å². The molecule has 0 aromatic rings. The number of allylic oxidation sites excluding steroid dienone is 8. The third-order valence-corrected chi connectivity index (χ3v) is 11.3. The normalized spacial score (nSPS) is 12.6. The van der Waals surface area contributed by atoms with Crippen LogP contribution in [-0.4, -0.2) is 23.1 Å². The average Bonchev–Trinajstić information content (AvgIpc) is 3.20. The number of carboxylic acids is 1. The predicted molar refractivity (Wildman–Crippen MR) is 250 cm³/mol. The van der Waals surface area contributed by atoms with E-state index >= 15 is 0 Å². The number of unbranched alkanes of at least 4 members (excludes halogenated alkanes) is 29. The van der Waals surface area contributed by atoms with Gasteiger partial charge in [-0.25, -0.2) is 0 Å². The minimum Gasteiger partial charge on any atom is -0.481 e. The van der Waals surface area contributed by atoms with E-state index in [9.17, 15) is 9.59 Å². The second-order valence-electron chi connectivity index (χ2n) is 17.0. The monoisotopic (exact) mass is 797 g/mol. The number of ether oxygens (including phenoxy) is 1. The molecule has 0 spiro atoms. The fourth-order valence-corrected chi connectivity index (χ4v) is 7.65. The van der Waals surface area contributed by atoms with Crippen molar-refractivity contribution < 1.29 is 19.4 Å². The molecule has 57 heavy (non-hydrogen) atoms. The van der Waals surface area contributed by atoms with Gasteiger partial charge in [0.25, 0.3) is 0 Å². The summed E-state index contributed by atoms with van der Waals surface area (Å²) in [6.45, 7) is 4.46. The van der Waals surface area contributed by atoms with Gasteiger partial charge in [0.15, 0.2) is 0 Å². The van der Waals surface area contributed by atoms with Crippen molar-refractivity contribution in [1.82, 2.24) is 0 Å². The summed E-state index contributed by atoms with van der Waals surface area (Å²) in [7, 11) is 0. The first-order valence-corrected chi connectivity index (χ1v) is 25.1. The van der Waals surface area contributed by atoms with Crippen LogP contribution in [-0.2, 0) is 14.3 Å². The van der Waals surface area contributed by atoms with Crippen molar-refractivity contribution in [1.29, 1.82) is 0 Å². The molecule has 1 atom stereocenters. The van der Waals surface area contributed by atoms with Gasteiger partial charge in [0.1, 0.15) is 6.10 Å². The van der Waals surface area contributed by atoms with Gasteiger partial charge in [-0.2, -0.15) is 0 Å². The minimum atomic E-state index is -0.698. The van der Waals surface area contributed by atoms with E-state index in [4.69, 9.17) is 9.84 Å². The van der Waals surface area contributed by atoms with Crippen LogP contribution in [0.3, 0.4) is 0 Å². The number of rotatable bonds is 46. The maximum Gasteiger partial charge on any atom is 0.306 e. The zero-order valence-corrected chi connectivity index (χ0v) is 38.2. The number of hydrogen-bond donors (Lipinski definition) is 1. The molecule has 0 aliphatic heterocycles. The fourth-order valence-electron chi connectivity index (χ4n) is 7.65. The lowest BCUT2D eigenvalue weighted by molar-refractivity contribution is -0.150. The maximum atomic E-state index is 12.8. The number of esters is 1. The Hall–Kier alpha value is -2.10. The number of carbonyl (C=O) groups is 2. The topological polar surface area (TPSA) is 63.6 Å². The van der Waals surface area contributed by atoms with Crippen LogP contribution in [0.25, 0.3) is 0 Å².